The first-order valence-corrected chi connectivity index (χ1v) is 7.77. The molecule has 0 atom stereocenters. The lowest BCUT2D eigenvalue weighted by atomic mass is 10.2. The van der Waals surface area contributed by atoms with Crippen LogP contribution in [0.3, 0.4) is 0 Å². The molecule has 0 saturated carbocycles. The van der Waals surface area contributed by atoms with Crippen LogP contribution in [-0.4, -0.2) is 41.8 Å². The van der Waals surface area contributed by atoms with Crippen LogP contribution in [0.1, 0.15) is 25.7 Å². The Morgan fingerprint density at radius 2 is 1.56 bits per heavy atom. The van der Waals surface area contributed by atoms with E-state index in [-0.39, 0.29) is 0 Å². The minimum absolute atomic E-state index is 0.783. The molecule has 16 heavy (non-hydrogen) atoms. The fourth-order valence-corrected chi connectivity index (χ4v) is 3.37. The Kier molecular flexibility index (Phi) is 10.0. The Labute approximate surface area is 104 Å². The lowest BCUT2D eigenvalue weighted by molar-refractivity contribution is 0.122. The number of thiocarbonyl (C=S) groups is 1. The van der Waals surface area contributed by atoms with Crippen LogP contribution >= 0.6 is 12.2 Å². The van der Waals surface area contributed by atoms with Crippen molar-refractivity contribution in [3.05, 3.63) is 0 Å². The van der Waals surface area contributed by atoms with Crippen LogP contribution in [0.2, 0.25) is 6.04 Å². The van der Waals surface area contributed by atoms with Crippen molar-refractivity contribution in [1.29, 1.82) is 0 Å². The van der Waals surface area contributed by atoms with Gasteiger partial charge in [-0.2, -0.15) is 0 Å². The Balaban J connectivity index is 3.58. The largest absolute Gasteiger partial charge is 0.500 e. The fourth-order valence-electron chi connectivity index (χ4n) is 1.49. The van der Waals surface area contributed by atoms with E-state index in [2.05, 4.69) is 22.4 Å². The van der Waals surface area contributed by atoms with Crippen LogP contribution in [0.25, 0.3) is 0 Å². The fraction of sp³-hybridized carbons (Fsp3) is 0.900. The molecule has 0 aromatic rings. The summed E-state index contributed by atoms with van der Waals surface area (Å²) < 4.78 is 16.0. The molecule has 0 bridgehead atoms. The predicted molar refractivity (Wildman–Crippen MR) is 69.9 cm³/mol. The van der Waals surface area contributed by atoms with Crippen molar-refractivity contribution < 1.29 is 13.3 Å². The quantitative estimate of drug-likeness (QED) is 0.263. The average molecular weight is 263 g/mol. The van der Waals surface area contributed by atoms with Crippen LogP contribution in [0.15, 0.2) is 4.99 Å². The summed E-state index contributed by atoms with van der Waals surface area (Å²) >= 11 is 4.49. The number of unbranched alkanes of at least 4 members (excludes halogenated alkanes) is 3. The highest BCUT2D eigenvalue weighted by Crippen LogP contribution is 2.17. The van der Waals surface area contributed by atoms with Gasteiger partial charge in [0.25, 0.3) is 0 Å². The molecule has 0 aromatic heterocycles. The Bertz CT molecular complexity index is 210. The monoisotopic (exact) mass is 263 g/mol. The van der Waals surface area contributed by atoms with Gasteiger partial charge in [0.1, 0.15) is 0 Å². The molecule has 0 amide bonds. The zero-order valence-electron chi connectivity index (χ0n) is 10.3. The molecule has 0 radical (unpaired) electrons. The van der Waals surface area contributed by atoms with Crippen molar-refractivity contribution in [3.63, 3.8) is 0 Å². The summed E-state index contributed by atoms with van der Waals surface area (Å²) in [5.74, 6) is 0. The van der Waals surface area contributed by atoms with Crippen LogP contribution in [-0.2, 0) is 13.3 Å². The molecule has 0 spiro atoms. The van der Waals surface area contributed by atoms with Gasteiger partial charge in [-0.25, -0.2) is 4.99 Å². The van der Waals surface area contributed by atoms with Crippen LogP contribution in [0, 0.1) is 0 Å². The molecule has 0 saturated heterocycles. The molecule has 94 valence electrons. The lowest BCUT2D eigenvalue weighted by Crippen LogP contribution is -2.42. The van der Waals surface area contributed by atoms with Gasteiger partial charge < -0.3 is 13.3 Å². The second kappa shape index (κ2) is 10.1. The van der Waals surface area contributed by atoms with Gasteiger partial charge in [-0.05, 0) is 25.1 Å². The van der Waals surface area contributed by atoms with Gasteiger partial charge in [-0.3, -0.25) is 0 Å². The maximum atomic E-state index is 5.33. The third kappa shape index (κ3) is 6.47. The number of hydrogen-bond acceptors (Lipinski definition) is 5. The van der Waals surface area contributed by atoms with Gasteiger partial charge in [-0.1, -0.05) is 12.8 Å². The maximum Gasteiger partial charge on any atom is 0.500 e. The highest BCUT2D eigenvalue weighted by Gasteiger charge is 2.36. The first-order valence-electron chi connectivity index (χ1n) is 5.43. The minimum atomic E-state index is -2.35. The van der Waals surface area contributed by atoms with Crippen LogP contribution in [0.5, 0.6) is 0 Å². The van der Waals surface area contributed by atoms with E-state index in [0.717, 1.165) is 38.3 Å². The van der Waals surface area contributed by atoms with Crippen molar-refractivity contribution >= 4 is 26.2 Å². The SMILES string of the molecule is CO[Si](CCCCCCN=C=S)(OC)OC. The molecule has 0 aromatic carbocycles. The molecular weight excluding hydrogens is 242 g/mol. The zero-order valence-corrected chi connectivity index (χ0v) is 12.1. The van der Waals surface area contributed by atoms with Gasteiger partial charge in [-0.15, -0.1) is 0 Å². The van der Waals surface area contributed by atoms with Crippen molar-refractivity contribution in [2.24, 2.45) is 4.99 Å². The van der Waals surface area contributed by atoms with Gasteiger partial charge in [0.05, 0.1) is 5.16 Å². The number of aliphatic imine (C=N–C) groups is 1. The molecule has 0 heterocycles. The van der Waals surface area contributed by atoms with Gasteiger partial charge in [0.15, 0.2) is 0 Å². The summed E-state index contributed by atoms with van der Waals surface area (Å²) in [5.41, 5.74) is 0. The number of nitrogens with zero attached hydrogens (tertiary/aromatic N) is 1. The number of isothiocyanates is 1. The third-order valence-corrected chi connectivity index (χ3v) is 5.46. The van der Waals surface area contributed by atoms with Gasteiger partial charge in [0, 0.05) is 33.9 Å². The van der Waals surface area contributed by atoms with E-state index < -0.39 is 8.80 Å². The molecule has 0 fully saturated rings. The summed E-state index contributed by atoms with van der Waals surface area (Å²) in [6.45, 7) is 0.783. The highest BCUT2D eigenvalue weighted by atomic mass is 32.1. The first kappa shape index (κ1) is 15.9. The van der Waals surface area contributed by atoms with Crippen molar-refractivity contribution in [3.8, 4) is 0 Å². The maximum absolute atomic E-state index is 5.33. The number of hydrogen-bond donors (Lipinski definition) is 0. The number of rotatable bonds is 10. The Morgan fingerprint density at radius 1 is 1.00 bits per heavy atom. The molecule has 0 rings (SSSR count). The van der Waals surface area contributed by atoms with Crippen molar-refractivity contribution in [1.82, 2.24) is 0 Å². The van der Waals surface area contributed by atoms with E-state index in [1.165, 1.54) is 0 Å². The molecule has 6 heteroatoms. The summed E-state index contributed by atoms with van der Waals surface area (Å²) in [4.78, 5) is 3.87. The molecule has 0 aliphatic rings. The Morgan fingerprint density at radius 3 is 2.06 bits per heavy atom. The molecule has 0 aliphatic carbocycles. The topological polar surface area (TPSA) is 40.0 Å². The lowest BCUT2D eigenvalue weighted by Gasteiger charge is -2.24. The minimum Gasteiger partial charge on any atom is -0.377 e. The Hall–Kier alpha value is -0.103. The van der Waals surface area contributed by atoms with E-state index in [1.54, 1.807) is 21.3 Å². The van der Waals surface area contributed by atoms with E-state index in [0.29, 0.717) is 0 Å². The zero-order chi connectivity index (χ0) is 12.3. The average Bonchev–Trinajstić information content (AvgIpc) is 2.34. The highest BCUT2D eigenvalue weighted by molar-refractivity contribution is 7.78. The summed E-state index contributed by atoms with van der Waals surface area (Å²) in [6.07, 6.45) is 4.40. The molecule has 4 nitrogen and oxygen atoms in total. The van der Waals surface area contributed by atoms with Gasteiger partial charge >= 0.3 is 8.80 Å². The second-order valence-corrected chi connectivity index (χ2v) is 6.71. The summed E-state index contributed by atoms with van der Waals surface area (Å²) in [7, 11) is 2.59. The molecule has 0 aliphatic heterocycles. The van der Waals surface area contributed by atoms with E-state index >= 15 is 0 Å². The first-order chi connectivity index (χ1) is 7.74. The van der Waals surface area contributed by atoms with E-state index in [4.69, 9.17) is 13.3 Å². The van der Waals surface area contributed by atoms with Crippen LogP contribution < -0.4 is 0 Å². The van der Waals surface area contributed by atoms with Crippen molar-refractivity contribution in [2.75, 3.05) is 27.9 Å². The standard InChI is InChI=1S/C10H21NO3SSi/c1-12-16(13-2,14-3)9-7-5-4-6-8-11-10-15/h4-9H2,1-3H3. The van der Waals surface area contributed by atoms with E-state index in [1.807, 2.05) is 0 Å². The second-order valence-electron chi connectivity index (χ2n) is 3.43. The summed E-state index contributed by atoms with van der Waals surface area (Å²) in [6, 6.07) is 0.868. The summed E-state index contributed by atoms with van der Waals surface area (Å²) in [5, 5.41) is 2.37. The predicted octanol–water partition coefficient (Wildman–Crippen LogP) is 2.53. The molecule has 0 unspecified atom stereocenters. The molecular formula is C10H21NO3SSi. The van der Waals surface area contributed by atoms with E-state index in [9.17, 15) is 0 Å². The normalized spacial score (nSPS) is 11.2. The van der Waals surface area contributed by atoms with Crippen LogP contribution in [0.4, 0.5) is 0 Å². The van der Waals surface area contributed by atoms with Crippen molar-refractivity contribution in [2.45, 2.75) is 31.7 Å². The van der Waals surface area contributed by atoms with Gasteiger partial charge in [0.2, 0.25) is 0 Å². The molecule has 0 N–H and O–H groups in total. The smallest absolute Gasteiger partial charge is 0.377 e. The third-order valence-electron chi connectivity index (χ3n) is 2.50.